The van der Waals surface area contributed by atoms with Gasteiger partial charge in [-0.3, -0.25) is 4.79 Å². The third-order valence-corrected chi connectivity index (χ3v) is 3.11. The Labute approximate surface area is 112 Å². The van der Waals surface area contributed by atoms with Crippen molar-refractivity contribution in [1.29, 1.82) is 0 Å². The van der Waals surface area contributed by atoms with E-state index in [9.17, 15) is 22.4 Å². The summed E-state index contributed by atoms with van der Waals surface area (Å²) in [6, 6.07) is 2.47. The third-order valence-electron chi connectivity index (χ3n) is 3.11. The van der Waals surface area contributed by atoms with E-state index in [0.717, 1.165) is 12.1 Å². The summed E-state index contributed by atoms with van der Waals surface area (Å²) in [7, 11) is 0. The Bertz CT molecular complexity index is 496. The Morgan fingerprint density at radius 2 is 1.90 bits per heavy atom. The average molecular weight is 291 g/mol. The molecule has 1 aliphatic heterocycles. The van der Waals surface area contributed by atoms with Crippen LogP contribution < -0.4 is 5.32 Å². The first-order valence-corrected chi connectivity index (χ1v) is 6.14. The largest absolute Gasteiger partial charge is 0.419 e. The van der Waals surface area contributed by atoms with Gasteiger partial charge in [-0.2, -0.15) is 13.2 Å². The van der Waals surface area contributed by atoms with Gasteiger partial charge >= 0.3 is 6.18 Å². The topological polar surface area (TPSA) is 38.3 Å². The molecule has 1 saturated heterocycles. The van der Waals surface area contributed by atoms with E-state index in [4.69, 9.17) is 4.74 Å². The fraction of sp³-hybridized carbons (Fsp3) is 0.462. The molecule has 0 bridgehead atoms. The fourth-order valence-corrected chi connectivity index (χ4v) is 2.03. The number of alkyl halides is 3. The summed E-state index contributed by atoms with van der Waals surface area (Å²) >= 11 is 0. The van der Waals surface area contributed by atoms with Crippen molar-refractivity contribution in [2.75, 3.05) is 13.2 Å². The Morgan fingerprint density at radius 1 is 1.25 bits per heavy atom. The van der Waals surface area contributed by atoms with E-state index < -0.39 is 29.0 Å². The zero-order chi connectivity index (χ0) is 14.8. The van der Waals surface area contributed by atoms with Gasteiger partial charge in [0.15, 0.2) is 0 Å². The summed E-state index contributed by atoms with van der Waals surface area (Å²) < 4.78 is 56.6. The van der Waals surface area contributed by atoms with E-state index in [1.165, 1.54) is 0 Å². The third kappa shape index (κ3) is 3.27. The molecule has 3 nitrogen and oxygen atoms in total. The van der Waals surface area contributed by atoms with Crippen LogP contribution >= 0.6 is 0 Å². The van der Waals surface area contributed by atoms with E-state index in [1.807, 2.05) is 0 Å². The molecule has 0 spiro atoms. The monoisotopic (exact) mass is 291 g/mol. The lowest BCUT2D eigenvalue weighted by molar-refractivity contribution is -0.140. The molecular formula is C13H13F4NO2. The van der Waals surface area contributed by atoms with E-state index in [-0.39, 0.29) is 6.04 Å². The predicted octanol–water partition coefficient (Wildman–Crippen LogP) is 2.75. The molecule has 0 aromatic heterocycles. The highest BCUT2D eigenvalue weighted by Crippen LogP contribution is 2.32. The minimum absolute atomic E-state index is 0.204. The maximum Gasteiger partial charge on any atom is 0.419 e. The molecule has 0 saturated carbocycles. The number of benzene rings is 1. The molecule has 1 aliphatic rings. The van der Waals surface area contributed by atoms with Crippen LogP contribution in [0.25, 0.3) is 0 Å². The number of carbonyl (C=O) groups excluding carboxylic acids is 1. The molecule has 110 valence electrons. The number of halogens is 4. The summed E-state index contributed by atoms with van der Waals surface area (Å²) in [5.74, 6) is -2.37. The van der Waals surface area contributed by atoms with Crippen LogP contribution in [0.5, 0.6) is 0 Å². The lowest BCUT2D eigenvalue weighted by atomic mass is 10.1. The van der Waals surface area contributed by atoms with Crippen LogP contribution in [0.2, 0.25) is 0 Å². The minimum Gasteiger partial charge on any atom is -0.381 e. The van der Waals surface area contributed by atoms with Crippen LogP contribution in [0.3, 0.4) is 0 Å². The number of carbonyl (C=O) groups is 1. The number of nitrogens with one attached hydrogen (secondary N) is 1. The van der Waals surface area contributed by atoms with Crippen LogP contribution in [0.4, 0.5) is 17.6 Å². The fourth-order valence-electron chi connectivity index (χ4n) is 2.03. The van der Waals surface area contributed by atoms with E-state index in [0.29, 0.717) is 32.1 Å². The second-order valence-electron chi connectivity index (χ2n) is 4.52. The number of hydrogen-bond acceptors (Lipinski definition) is 2. The van der Waals surface area contributed by atoms with Crippen LogP contribution in [-0.2, 0) is 10.9 Å². The summed E-state index contributed by atoms with van der Waals surface area (Å²) in [6.07, 6.45) is -3.70. The highest BCUT2D eigenvalue weighted by Gasteiger charge is 2.35. The van der Waals surface area contributed by atoms with Gasteiger partial charge in [0.25, 0.3) is 5.91 Å². The molecule has 1 fully saturated rings. The van der Waals surface area contributed by atoms with Crippen LogP contribution in [-0.4, -0.2) is 25.2 Å². The molecule has 1 aromatic carbocycles. The van der Waals surface area contributed by atoms with Crippen LogP contribution in [0.1, 0.15) is 28.8 Å². The maximum absolute atomic E-state index is 13.8. The second kappa shape index (κ2) is 5.78. The van der Waals surface area contributed by atoms with Crippen molar-refractivity contribution in [3.8, 4) is 0 Å². The van der Waals surface area contributed by atoms with Gasteiger partial charge < -0.3 is 10.1 Å². The molecule has 1 N–H and O–H groups in total. The van der Waals surface area contributed by atoms with E-state index in [2.05, 4.69) is 5.32 Å². The molecule has 0 unspecified atom stereocenters. The summed E-state index contributed by atoms with van der Waals surface area (Å²) in [6.45, 7) is 0.937. The Morgan fingerprint density at radius 3 is 2.50 bits per heavy atom. The molecule has 1 heterocycles. The molecule has 2 rings (SSSR count). The zero-order valence-electron chi connectivity index (χ0n) is 10.5. The molecular weight excluding hydrogens is 278 g/mol. The number of ether oxygens (including phenoxy) is 1. The predicted molar refractivity (Wildman–Crippen MR) is 62.7 cm³/mol. The molecule has 0 atom stereocenters. The average Bonchev–Trinajstić information content (AvgIpc) is 2.38. The Hall–Kier alpha value is -1.63. The van der Waals surface area contributed by atoms with E-state index >= 15 is 0 Å². The molecule has 1 aromatic rings. The standard InChI is InChI=1S/C13H13F4NO2/c14-11-9(2-1-3-10(11)13(15,16)17)12(19)18-8-4-6-20-7-5-8/h1-3,8H,4-7H2,(H,18,19). The first-order chi connectivity index (χ1) is 9.39. The van der Waals surface area contributed by atoms with Crippen molar-refractivity contribution in [2.45, 2.75) is 25.1 Å². The van der Waals surface area contributed by atoms with Gasteiger partial charge in [-0.25, -0.2) is 4.39 Å². The van der Waals surface area contributed by atoms with Crippen molar-refractivity contribution in [2.24, 2.45) is 0 Å². The SMILES string of the molecule is O=C(NC1CCOCC1)c1cccc(C(F)(F)F)c1F. The van der Waals surface area contributed by atoms with Crippen LogP contribution in [0, 0.1) is 5.82 Å². The number of amides is 1. The first-order valence-electron chi connectivity index (χ1n) is 6.14. The lowest BCUT2D eigenvalue weighted by Crippen LogP contribution is -2.39. The number of rotatable bonds is 2. The Kier molecular flexibility index (Phi) is 4.27. The van der Waals surface area contributed by atoms with Crippen molar-refractivity contribution in [3.05, 3.63) is 35.1 Å². The molecule has 20 heavy (non-hydrogen) atoms. The van der Waals surface area contributed by atoms with Gasteiger partial charge in [0, 0.05) is 19.3 Å². The Balaban J connectivity index is 2.17. The first kappa shape index (κ1) is 14.8. The van der Waals surface area contributed by atoms with Crippen LogP contribution in [0.15, 0.2) is 18.2 Å². The highest BCUT2D eigenvalue weighted by atomic mass is 19.4. The molecule has 0 aliphatic carbocycles. The second-order valence-corrected chi connectivity index (χ2v) is 4.52. The summed E-state index contributed by atoms with van der Waals surface area (Å²) in [4.78, 5) is 11.9. The quantitative estimate of drug-likeness (QED) is 0.851. The molecule has 7 heteroatoms. The van der Waals surface area contributed by atoms with Crippen molar-refractivity contribution >= 4 is 5.91 Å². The normalized spacial score (nSPS) is 17.0. The highest BCUT2D eigenvalue weighted by molar-refractivity contribution is 5.94. The smallest absolute Gasteiger partial charge is 0.381 e. The van der Waals surface area contributed by atoms with E-state index in [1.54, 1.807) is 0 Å². The van der Waals surface area contributed by atoms with Gasteiger partial charge in [0.05, 0.1) is 11.1 Å². The summed E-state index contributed by atoms with van der Waals surface area (Å²) in [5.41, 5.74) is -2.02. The van der Waals surface area contributed by atoms with Crippen molar-refractivity contribution < 1.29 is 27.1 Å². The number of hydrogen-bond donors (Lipinski definition) is 1. The maximum atomic E-state index is 13.8. The lowest BCUT2D eigenvalue weighted by Gasteiger charge is -2.23. The summed E-state index contributed by atoms with van der Waals surface area (Å²) in [5, 5.41) is 2.53. The van der Waals surface area contributed by atoms with Gasteiger partial charge in [-0.05, 0) is 25.0 Å². The van der Waals surface area contributed by atoms with Crippen molar-refractivity contribution in [1.82, 2.24) is 5.32 Å². The molecule has 0 radical (unpaired) electrons. The van der Waals surface area contributed by atoms with Crippen molar-refractivity contribution in [3.63, 3.8) is 0 Å². The van der Waals surface area contributed by atoms with Gasteiger partial charge in [-0.1, -0.05) is 6.07 Å². The zero-order valence-corrected chi connectivity index (χ0v) is 10.5. The van der Waals surface area contributed by atoms with Gasteiger partial charge in [-0.15, -0.1) is 0 Å². The minimum atomic E-state index is -4.82. The molecule has 1 amide bonds. The van der Waals surface area contributed by atoms with Gasteiger partial charge in [0.1, 0.15) is 5.82 Å². The van der Waals surface area contributed by atoms with Gasteiger partial charge in [0.2, 0.25) is 0 Å².